The van der Waals surface area contributed by atoms with Gasteiger partial charge in [0.2, 0.25) is 0 Å². The number of hydrogen-bond donors (Lipinski definition) is 10. The molecule has 8 atom stereocenters. The number of carbonyl (C=O) groups excluding carboxylic acids is 8. The Bertz CT molecular complexity index is 3730. The van der Waals surface area contributed by atoms with Crippen molar-refractivity contribution in [3.8, 4) is 11.1 Å². The lowest BCUT2D eigenvalue weighted by atomic mass is 9.84. The molecule has 0 radical (unpaired) electrons. The van der Waals surface area contributed by atoms with Gasteiger partial charge in [0.1, 0.15) is 38.2 Å². The van der Waals surface area contributed by atoms with E-state index in [0.29, 0.717) is 32.1 Å². The molecule has 0 fully saturated rings. The third-order valence-corrected chi connectivity index (χ3v) is 18.4. The Morgan fingerprint density at radius 1 is 0.396 bits per heavy atom. The van der Waals surface area contributed by atoms with Crippen LogP contribution in [0.15, 0.2) is 200 Å². The Balaban J connectivity index is 0.000000477. The quantitative estimate of drug-likeness (QED) is 0.0172. The number of Topliss-reactive ketones (excluding diaryl/α,β-unsaturated/α-hetero) is 7. The molecule has 0 spiro atoms. The summed E-state index contributed by atoms with van der Waals surface area (Å²) >= 11 is 0. The minimum Gasteiger partial charge on any atom is -0.481 e. The zero-order valence-corrected chi connectivity index (χ0v) is 63.4. The van der Waals surface area contributed by atoms with Gasteiger partial charge in [-0.05, 0) is 114 Å². The van der Waals surface area contributed by atoms with Gasteiger partial charge < -0.3 is 61.0 Å². The number of rotatable bonds is 38. The van der Waals surface area contributed by atoms with Gasteiger partial charge in [-0.1, -0.05) is 256 Å². The molecule has 1 amide bonds. The van der Waals surface area contributed by atoms with E-state index in [4.69, 9.17) is 24.7 Å². The number of hydrogen-bond acceptors (Lipinski definition) is 18. The van der Waals surface area contributed by atoms with Gasteiger partial charge in [0.15, 0.2) is 17.3 Å². The van der Waals surface area contributed by atoms with Crippen molar-refractivity contribution < 1.29 is 61.5 Å². The van der Waals surface area contributed by atoms with Crippen LogP contribution < -0.4 is 51.1 Å². The predicted molar refractivity (Wildman–Crippen MR) is 425 cm³/mol. The van der Waals surface area contributed by atoms with Crippen molar-refractivity contribution in [2.45, 2.75) is 131 Å². The average molecular weight is 1460 g/mol. The van der Waals surface area contributed by atoms with Crippen LogP contribution in [0.4, 0.5) is 4.79 Å². The summed E-state index contributed by atoms with van der Waals surface area (Å²) in [5, 5.41) is 11.9. The first kappa shape index (κ1) is 82.3. The highest BCUT2D eigenvalue weighted by Crippen LogP contribution is 2.44. The van der Waals surface area contributed by atoms with Gasteiger partial charge in [0.05, 0.1) is 50.2 Å². The van der Waals surface area contributed by atoms with Crippen molar-refractivity contribution in [3.63, 3.8) is 0 Å². The molecule has 1 aliphatic carbocycles. The monoisotopic (exact) mass is 1460 g/mol. The first-order valence-corrected chi connectivity index (χ1v) is 36.1. The van der Waals surface area contributed by atoms with Crippen LogP contribution in [0.2, 0.25) is 8.47 Å². The predicted octanol–water partition coefficient (Wildman–Crippen LogP) is 10.0. The summed E-state index contributed by atoms with van der Waals surface area (Å²) in [6.07, 6.45) is 2.20. The molecule has 7 aromatic carbocycles. The van der Waals surface area contributed by atoms with Crippen LogP contribution in [0.1, 0.15) is 120 Å². The maximum atomic E-state index is 12.6. The molecule has 0 aliphatic heterocycles. The minimum absolute atomic E-state index is 0.00794. The summed E-state index contributed by atoms with van der Waals surface area (Å²) in [7, 11) is 3.08. The largest absolute Gasteiger partial charge is 0.481 e. The molecule has 106 heavy (non-hydrogen) atoms. The van der Waals surface area contributed by atoms with E-state index in [1.165, 1.54) is 0 Å². The van der Waals surface area contributed by atoms with E-state index in [0.717, 1.165) is 50.1 Å². The highest BCUT2D eigenvalue weighted by molar-refractivity contribution is 5.92. The van der Waals surface area contributed by atoms with Crippen molar-refractivity contribution in [2.24, 2.45) is 93.2 Å². The van der Waals surface area contributed by atoms with Crippen LogP contribution in [-0.2, 0) is 75.2 Å². The molecule has 7 aromatic rings. The molecule has 574 valence electrons. The lowest BCUT2D eigenvalue weighted by molar-refractivity contribution is -0.144. The lowest BCUT2D eigenvalue weighted by Crippen LogP contribution is -2.45. The number of nitrogens with two attached hydrogens (primary N) is 8. The summed E-state index contributed by atoms with van der Waals surface area (Å²) in [5.74, 6) is -2.38. The summed E-state index contributed by atoms with van der Waals surface area (Å²) in [6, 6.07) is 62.2. The third-order valence-electron chi connectivity index (χ3n) is 18.4. The SMILES string of the molecule is CC(C)[C@H](N)C(=O)C[C@@H](Cc1ccccc1)C(=O)O.[2H]NC.[2H]NC.[2H]NCC(=O)[C@@H](CC(=O)[C@@H](C)C(C)C)Cc1ccccc1.[2H]NCC(=O)[C@@H](CC(=O)[C@@H](C)C(C)C)Cc1ccccc1.[2H]NCC(=O)[C@@H](N)Cc1ccccc1.[2H]NCC(=O)[C@H](Cc1ccccc1)NC(=O)OCC1c2ccccc2-c2ccccc21. The molecule has 0 unspecified atom stereocenters. The molecule has 1 aliphatic rings. The molecule has 18 N–H and O–H groups in total. The average Bonchev–Trinajstić information content (AvgIpc) is 1.62. The fourth-order valence-electron chi connectivity index (χ4n) is 11.3. The Morgan fingerprint density at radius 3 is 1.06 bits per heavy atom. The van der Waals surface area contributed by atoms with Crippen LogP contribution in [-0.4, -0.2) is 123 Å². The van der Waals surface area contributed by atoms with Crippen LogP contribution in [0, 0.1) is 47.3 Å². The van der Waals surface area contributed by atoms with Gasteiger partial charge in [-0.2, -0.15) is 0 Å². The number of fused-ring (bicyclic) bond motifs is 3. The maximum Gasteiger partial charge on any atom is 0.407 e. The third kappa shape index (κ3) is 33.4. The van der Waals surface area contributed by atoms with Gasteiger partial charge in [0, 0.05) is 48.9 Å². The van der Waals surface area contributed by atoms with Gasteiger partial charge in [-0.3, -0.25) is 38.4 Å². The lowest BCUT2D eigenvalue weighted by Gasteiger charge is -2.19. The molecule has 0 bridgehead atoms. The standard InChI is InChI=1S/C25H24N2O3.2C17H25NO2.C15H21NO3.C10H14N2O.2CH5N/c26-15-24(28)23(14-17-8-2-1-3-9-17)27-25(29)30-16-22-20-12-6-4-10-18(20)19-11-5-7-13-21(19)22;2*1-12(2)13(3)16(19)10-15(17(20)11-18)9-14-7-5-4-6-8-14;1-10(2)14(16)13(17)9-12(15(18)19)8-11-6-4-3-5-7-11;11-7-10(13)9(12)6-8-4-2-1-3-5-8;2*1-2/h1-13,22-23H,14-16,26H2,(H,27,29);2*4-8,12-13,15H,9-11,18H2,1-3H3;3-7,10,12,14H,8-9,16H2,1-2H3,(H,18,19);1-5,9H,6-7,11-12H2;2*2H2,1H3/t23-;2*13-,15+;12-,14+;9-;;/m00010../s1/i/hD6. The first-order chi connectivity index (χ1) is 53.6. The first-order valence-electron chi connectivity index (χ1n) is 39.1. The number of carboxylic acid groups (broad SMARTS) is 1. The number of carboxylic acids is 1. The summed E-state index contributed by atoms with van der Waals surface area (Å²) in [6.45, 7) is 15.6. The molecule has 20 nitrogen and oxygen atoms in total. The molecule has 0 saturated heterocycles. The molecular formula is C86H119N9O11. The second-order valence-electron chi connectivity index (χ2n) is 26.9. The molecular weight excluding hydrogens is 1330 g/mol. The Kier molecular flexibility index (Phi) is 40.2. The molecule has 20 heteroatoms. The van der Waals surface area contributed by atoms with Gasteiger partial charge in [-0.25, -0.2) is 4.79 Å². The number of nitrogens with one attached hydrogen (secondary N) is 1. The fourth-order valence-corrected chi connectivity index (χ4v) is 11.3. The van der Waals surface area contributed by atoms with Crippen molar-refractivity contribution in [1.82, 2.24) is 5.32 Å². The normalized spacial score (nSPS) is 14.0. The molecule has 0 saturated carbocycles. The second kappa shape index (κ2) is 51.8. The van der Waals surface area contributed by atoms with Crippen molar-refractivity contribution in [1.29, 1.82) is 0 Å². The second-order valence-corrected chi connectivity index (χ2v) is 26.9. The summed E-state index contributed by atoms with van der Waals surface area (Å²) in [5.41, 5.74) is 33.4. The van der Waals surface area contributed by atoms with Crippen LogP contribution in [0.5, 0.6) is 0 Å². The molecule has 8 rings (SSSR count). The number of alkyl carbamates (subject to hydrolysis) is 1. The summed E-state index contributed by atoms with van der Waals surface area (Å²) < 4.78 is 45.2. The van der Waals surface area contributed by atoms with E-state index in [1.807, 2.05) is 243 Å². The number of carbonyl (C=O) groups is 9. The number of amides is 1. The molecule has 0 heterocycles. The highest BCUT2D eigenvalue weighted by atomic mass is 16.5. The van der Waals surface area contributed by atoms with Crippen LogP contribution >= 0.6 is 0 Å². The van der Waals surface area contributed by atoms with E-state index >= 15 is 0 Å². The van der Waals surface area contributed by atoms with Crippen LogP contribution in [0.3, 0.4) is 0 Å². The number of aliphatic carboxylic acids is 1. The topological polar surface area (TPSA) is 403 Å². The highest BCUT2D eigenvalue weighted by Gasteiger charge is 2.32. The maximum absolute atomic E-state index is 12.6. The fraction of sp³-hybridized carbons (Fsp3) is 0.407. The Hall–Kier alpha value is -9.35. The number of ketones is 7. The Labute approximate surface area is 637 Å². The minimum atomic E-state index is -0.951. The van der Waals surface area contributed by atoms with E-state index in [2.05, 4.69) is 52.5 Å². The zero-order valence-electron chi connectivity index (χ0n) is 69.4. The Morgan fingerprint density at radius 2 is 0.708 bits per heavy atom. The van der Waals surface area contributed by atoms with Crippen LogP contribution in [0.25, 0.3) is 11.1 Å². The van der Waals surface area contributed by atoms with Crippen molar-refractivity contribution in [2.75, 3.05) is 46.9 Å². The molecule has 0 aromatic heterocycles. The zero-order chi connectivity index (χ0) is 83.5. The van der Waals surface area contributed by atoms with E-state index < -0.39 is 36.1 Å². The van der Waals surface area contributed by atoms with Gasteiger partial charge in [0.25, 0.3) is 0 Å². The van der Waals surface area contributed by atoms with E-state index in [9.17, 15) is 48.3 Å². The van der Waals surface area contributed by atoms with Gasteiger partial charge >= 0.3 is 12.1 Å². The van der Waals surface area contributed by atoms with E-state index in [1.54, 1.807) is 14.1 Å². The van der Waals surface area contributed by atoms with E-state index in [-0.39, 0.29) is 140 Å². The smallest absolute Gasteiger partial charge is 0.407 e. The number of benzene rings is 7. The van der Waals surface area contributed by atoms with Crippen molar-refractivity contribution in [3.05, 3.63) is 239 Å². The van der Waals surface area contributed by atoms with Gasteiger partial charge in [-0.15, -0.1) is 0 Å². The summed E-state index contributed by atoms with van der Waals surface area (Å²) in [4.78, 5) is 108. The number of ether oxygens (including phenoxy) is 1. The van der Waals surface area contributed by atoms with Crippen molar-refractivity contribution >= 4 is 52.5 Å².